The molecule has 0 fully saturated rings. The third-order valence-corrected chi connectivity index (χ3v) is 5.63. The summed E-state index contributed by atoms with van der Waals surface area (Å²) in [5.74, 6) is 0.378. The van der Waals surface area contributed by atoms with Gasteiger partial charge in [0.25, 0.3) is 11.5 Å². The molecule has 1 N–H and O–H groups in total. The van der Waals surface area contributed by atoms with E-state index in [0.29, 0.717) is 29.1 Å². The molecule has 0 aliphatic heterocycles. The number of anilines is 1. The number of benzene rings is 2. The molecule has 0 aliphatic carbocycles. The number of thiazole rings is 1. The first-order valence-corrected chi connectivity index (χ1v) is 10.8. The smallest absolute Gasteiger partial charge is 0.278 e. The fraction of sp³-hybridized carbons (Fsp3) is 0.273. The van der Waals surface area contributed by atoms with Gasteiger partial charge in [0, 0.05) is 11.9 Å². The molecule has 30 heavy (non-hydrogen) atoms. The van der Waals surface area contributed by atoms with E-state index in [1.807, 2.05) is 32.0 Å². The number of nitrogens with one attached hydrogen (secondary N) is 1. The normalized spacial score (nSPS) is 11.1. The second-order valence-electron chi connectivity index (χ2n) is 6.81. The van der Waals surface area contributed by atoms with E-state index in [-0.39, 0.29) is 17.2 Å². The number of amides is 1. The fourth-order valence-corrected chi connectivity index (χ4v) is 4.12. The zero-order valence-corrected chi connectivity index (χ0v) is 17.7. The van der Waals surface area contributed by atoms with Gasteiger partial charge in [0.15, 0.2) is 10.8 Å². The van der Waals surface area contributed by atoms with Crippen molar-refractivity contribution in [1.29, 1.82) is 0 Å². The highest BCUT2D eigenvalue weighted by Gasteiger charge is 2.18. The van der Waals surface area contributed by atoms with Gasteiger partial charge in [-0.15, -0.1) is 0 Å². The monoisotopic (exact) mass is 422 g/mol. The molecule has 0 aliphatic rings. The Kier molecular flexibility index (Phi) is 5.76. The molecule has 1 amide bonds. The highest BCUT2D eigenvalue weighted by Crippen LogP contribution is 2.29. The topological polar surface area (TPSA) is 86.1 Å². The summed E-state index contributed by atoms with van der Waals surface area (Å²) < 4.78 is 7.83. The Labute approximate surface area is 177 Å². The third kappa shape index (κ3) is 3.91. The lowest BCUT2D eigenvalue weighted by Gasteiger charge is -2.10. The van der Waals surface area contributed by atoms with Crippen LogP contribution in [-0.2, 0) is 6.54 Å². The summed E-state index contributed by atoms with van der Waals surface area (Å²) in [6.45, 7) is 5.03. The lowest BCUT2D eigenvalue weighted by atomic mass is 10.1. The number of unbranched alkanes of at least 4 members (excludes halogenated alkanes) is 1. The van der Waals surface area contributed by atoms with Crippen LogP contribution < -0.4 is 15.6 Å². The Bertz CT molecular complexity index is 1280. The number of carbonyl (C=O) groups excluding carboxylic acids is 1. The van der Waals surface area contributed by atoms with E-state index in [4.69, 9.17) is 4.74 Å². The van der Waals surface area contributed by atoms with Crippen LogP contribution in [0.2, 0.25) is 0 Å². The Balaban J connectivity index is 1.70. The van der Waals surface area contributed by atoms with E-state index in [2.05, 4.69) is 15.4 Å². The van der Waals surface area contributed by atoms with Crippen LogP contribution in [-0.4, -0.2) is 27.3 Å². The highest BCUT2D eigenvalue weighted by atomic mass is 32.1. The zero-order chi connectivity index (χ0) is 21.1. The first-order chi connectivity index (χ1) is 14.6. The van der Waals surface area contributed by atoms with Crippen LogP contribution in [0.4, 0.5) is 5.13 Å². The molecule has 0 saturated heterocycles. The maximum atomic E-state index is 13.1. The van der Waals surface area contributed by atoms with Crippen molar-refractivity contribution in [2.75, 3.05) is 11.9 Å². The van der Waals surface area contributed by atoms with E-state index < -0.39 is 0 Å². The first-order valence-electron chi connectivity index (χ1n) is 9.95. The zero-order valence-electron chi connectivity index (χ0n) is 16.8. The molecule has 0 atom stereocenters. The Morgan fingerprint density at radius 1 is 1.17 bits per heavy atom. The van der Waals surface area contributed by atoms with Crippen LogP contribution in [0.1, 0.15) is 37.2 Å². The summed E-state index contributed by atoms with van der Waals surface area (Å²) in [6, 6.07) is 12.7. The van der Waals surface area contributed by atoms with E-state index in [9.17, 15) is 9.59 Å². The van der Waals surface area contributed by atoms with Gasteiger partial charge in [-0.1, -0.05) is 42.9 Å². The van der Waals surface area contributed by atoms with E-state index in [1.54, 1.807) is 24.3 Å². The number of hydrogen-bond acceptors (Lipinski definition) is 6. The second kappa shape index (κ2) is 8.62. The van der Waals surface area contributed by atoms with Crippen molar-refractivity contribution in [1.82, 2.24) is 14.8 Å². The standard InChI is InChI=1S/C22H22N4O3S/c1-3-5-12-26-21(28)16-9-7-6-8-15(16)19(25-26)20(27)24-22-23-17-11-10-14(29-4-2)13-18(17)30-22/h6-11,13H,3-5,12H2,1-2H3,(H,23,24,27). The molecule has 2 aromatic heterocycles. The molecular weight excluding hydrogens is 400 g/mol. The summed E-state index contributed by atoms with van der Waals surface area (Å²) in [4.78, 5) is 30.3. The number of ether oxygens (including phenoxy) is 1. The minimum Gasteiger partial charge on any atom is -0.494 e. The molecule has 0 spiro atoms. The minimum atomic E-state index is -0.388. The average Bonchev–Trinajstić information content (AvgIpc) is 3.15. The van der Waals surface area contributed by atoms with Gasteiger partial charge in [0.05, 0.1) is 22.2 Å². The number of rotatable bonds is 7. The number of aromatic nitrogens is 3. The summed E-state index contributed by atoms with van der Waals surface area (Å²) in [7, 11) is 0. The molecule has 0 bridgehead atoms. The first kappa shape index (κ1) is 20.0. The van der Waals surface area contributed by atoms with Crippen LogP contribution in [0.3, 0.4) is 0 Å². The summed E-state index contributed by atoms with van der Waals surface area (Å²) in [5.41, 5.74) is 0.819. The quantitative estimate of drug-likeness (QED) is 0.475. The van der Waals surface area contributed by atoms with E-state index in [0.717, 1.165) is 28.8 Å². The van der Waals surface area contributed by atoms with Gasteiger partial charge in [0.2, 0.25) is 0 Å². The molecule has 0 saturated carbocycles. The molecular formula is C22H22N4O3S. The van der Waals surface area contributed by atoms with Crippen LogP contribution in [0.5, 0.6) is 5.75 Å². The van der Waals surface area contributed by atoms with Crippen molar-refractivity contribution in [3.8, 4) is 5.75 Å². The Morgan fingerprint density at radius 2 is 1.97 bits per heavy atom. The van der Waals surface area contributed by atoms with Crippen molar-refractivity contribution < 1.29 is 9.53 Å². The average molecular weight is 423 g/mol. The summed E-state index contributed by atoms with van der Waals surface area (Å²) >= 11 is 1.37. The molecule has 154 valence electrons. The molecule has 4 aromatic rings. The maximum absolute atomic E-state index is 13.1. The maximum Gasteiger partial charge on any atom is 0.278 e. The highest BCUT2D eigenvalue weighted by molar-refractivity contribution is 7.22. The fourth-order valence-electron chi connectivity index (χ4n) is 3.23. The minimum absolute atomic E-state index is 0.181. The van der Waals surface area contributed by atoms with Crippen LogP contribution in [0, 0.1) is 0 Å². The molecule has 0 unspecified atom stereocenters. The number of aryl methyl sites for hydroxylation is 1. The predicted octanol–water partition coefficient (Wildman–Crippen LogP) is 4.46. The van der Waals surface area contributed by atoms with Gasteiger partial charge in [-0.25, -0.2) is 9.67 Å². The van der Waals surface area contributed by atoms with Crippen molar-refractivity contribution in [3.63, 3.8) is 0 Å². The van der Waals surface area contributed by atoms with Gasteiger partial charge in [-0.2, -0.15) is 5.10 Å². The lowest BCUT2D eigenvalue weighted by molar-refractivity contribution is 0.102. The molecule has 7 nitrogen and oxygen atoms in total. The van der Waals surface area contributed by atoms with Crippen molar-refractivity contribution in [3.05, 3.63) is 58.5 Å². The largest absolute Gasteiger partial charge is 0.494 e. The summed E-state index contributed by atoms with van der Waals surface area (Å²) in [6.07, 6.45) is 1.74. The van der Waals surface area contributed by atoms with E-state index in [1.165, 1.54) is 16.0 Å². The Hall–Kier alpha value is -3.26. The van der Waals surface area contributed by atoms with Gasteiger partial charge in [-0.3, -0.25) is 14.9 Å². The number of nitrogens with zero attached hydrogens (tertiary/aromatic N) is 3. The Morgan fingerprint density at radius 3 is 2.73 bits per heavy atom. The van der Waals surface area contributed by atoms with Crippen molar-refractivity contribution in [2.24, 2.45) is 0 Å². The van der Waals surface area contributed by atoms with E-state index >= 15 is 0 Å². The summed E-state index contributed by atoms with van der Waals surface area (Å²) in [5, 5.41) is 8.71. The number of hydrogen-bond donors (Lipinski definition) is 1. The lowest BCUT2D eigenvalue weighted by Crippen LogP contribution is -2.27. The van der Waals surface area contributed by atoms with Gasteiger partial charge in [-0.05, 0) is 37.6 Å². The third-order valence-electron chi connectivity index (χ3n) is 4.70. The molecule has 2 aromatic carbocycles. The predicted molar refractivity (Wildman–Crippen MR) is 120 cm³/mol. The number of carbonyl (C=O) groups is 1. The molecule has 0 radical (unpaired) electrons. The van der Waals surface area contributed by atoms with Gasteiger partial charge >= 0.3 is 0 Å². The SMILES string of the molecule is CCCCn1nc(C(=O)Nc2nc3ccc(OCC)cc3s2)c2ccccc2c1=O. The second-order valence-corrected chi connectivity index (χ2v) is 7.84. The van der Waals surface area contributed by atoms with Crippen LogP contribution in [0.15, 0.2) is 47.3 Å². The molecule has 2 heterocycles. The van der Waals surface area contributed by atoms with Crippen molar-refractivity contribution in [2.45, 2.75) is 33.2 Å². The van der Waals surface area contributed by atoms with Crippen LogP contribution >= 0.6 is 11.3 Å². The van der Waals surface area contributed by atoms with Gasteiger partial charge in [0.1, 0.15) is 5.75 Å². The van der Waals surface area contributed by atoms with Gasteiger partial charge < -0.3 is 4.74 Å². The van der Waals surface area contributed by atoms with Crippen LogP contribution in [0.25, 0.3) is 21.0 Å². The molecule has 8 heteroatoms. The molecule has 4 rings (SSSR count). The van der Waals surface area contributed by atoms with Crippen molar-refractivity contribution >= 4 is 43.4 Å². The number of fused-ring (bicyclic) bond motifs is 2.